The van der Waals surface area contributed by atoms with E-state index in [9.17, 15) is 0 Å². The standard InChI is InChI=1S/C16H30O2/c1-2-3-4-5-6-7-8-9-10-11-12-13-14-15-16-17-18-16/h7-8,16H,2-6,9-15H2,1H3/b8-7-. The number of rotatable bonds is 13. The van der Waals surface area contributed by atoms with Crippen LogP contribution in [-0.4, -0.2) is 6.29 Å². The van der Waals surface area contributed by atoms with Crippen molar-refractivity contribution in [3.63, 3.8) is 0 Å². The van der Waals surface area contributed by atoms with Gasteiger partial charge in [0.15, 0.2) is 0 Å². The zero-order chi connectivity index (χ0) is 12.9. The van der Waals surface area contributed by atoms with Gasteiger partial charge in [-0.05, 0) is 32.1 Å². The fourth-order valence-corrected chi connectivity index (χ4v) is 2.16. The predicted octanol–water partition coefficient (Wildman–Crippen LogP) is 5.53. The molecule has 0 bridgehead atoms. The van der Waals surface area contributed by atoms with Gasteiger partial charge in [0.25, 0.3) is 0 Å². The van der Waals surface area contributed by atoms with E-state index in [1.165, 1.54) is 70.6 Å². The first-order chi connectivity index (χ1) is 8.93. The minimum absolute atomic E-state index is 0.139. The van der Waals surface area contributed by atoms with Gasteiger partial charge < -0.3 is 0 Å². The zero-order valence-corrected chi connectivity index (χ0v) is 12.0. The Morgan fingerprint density at radius 2 is 1.28 bits per heavy atom. The summed E-state index contributed by atoms with van der Waals surface area (Å²) in [6, 6.07) is 0. The minimum Gasteiger partial charge on any atom is -0.199 e. The van der Waals surface area contributed by atoms with Crippen LogP contribution in [0.5, 0.6) is 0 Å². The SMILES string of the molecule is CCCCCC/C=C\CCCCCCCC1OO1. The van der Waals surface area contributed by atoms with Crippen molar-refractivity contribution in [2.24, 2.45) is 0 Å². The van der Waals surface area contributed by atoms with E-state index in [0.29, 0.717) is 0 Å². The summed E-state index contributed by atoms with van der Waals surface area (Å²) in [4.78, 5) is 9.41. The Hall–Kier alpha value is -0.340. The van der Waals surface area contributed by atoms with Crippen molar-refractivity contribution in [3.05, 3.63) is 12.2 Å². The molecule has 2 heteroatoms. The molecular formula is C16H30O2. The van der Waals surface area contributed by atoms with E-state index in [-0.39, 0.29) is 6.29 Å². The molecule has 0 saturated carbocycles. The Balaban J connectivity index is 1.67. The second-order valence-electron chi connectivity index (χ2n) is 5.29. The van der Waals surface area contributed by atoms with Crippen LogP contribution in [0.1, 0.15) is 84.0 Å². The van der Waals surface area contributed by atoms with Crippen molar-refractivity contribution in [2.45, 2.75) is 90.3 Å². The molecule has 1 aliphatic heterocycles. The summed E-state index contributed by atoms with van der Waals surface area (Å²) in [5.74, 6) is 0. The van der Waals surface area contributed by atoms with E-state index < -0.39 is 0 Å². The molecule has 1 saturated heterocycles. The maximum absolute atomic E-state index is 4.71. The number of hydrogen-bond donors (Lipinski definition) is 0. The van der Waals surface area contributed by atoms with Crippen LogP contribution < -0.4 is 0 Å². The second kappa shape index (κ2) is 11.7. The van der Waals surface area contributed by atoms with Crippen molar-refractivity contribution >= 4 is 0 Å². The molecule has 0 aromatic rings. The highest BCUT2D eigenvalue weighted by Crippen LogP contribution is 2.19. The zero-order valence-electron chi connectivity index (χ0n) is 12.0. The fraction of sp³-hybridized carbons (Fsp3) is 0.875. The van der Waals surface area contributed by atoms with E-state index in [1.807, 2.05) is 0 Å². The second-order valence-corrected chi connectivity index (χ2v) is 5.29. The highest BCUT2D eigenvalue weighted by Gasteiger charge is 2.24. The van der Waals surface area contributed by atoms with Gasteiger partial charge in [0.1, 0.15) is 0 Å². The van der Waals surface area contributed by atoms with Gasteiger partial charge in [-0.3, -0.25) is 0 Å². The number of unbranched alkanes of at least 4 members (excludes halogenated alkanes) is 9. The predicted molar refractivity (Wildman–Crippen MR) is 76.2 cm³/mol. The third-order valence-corrected chi connectivity index (χ3v) is 3.43. The molecule has 0 N–H and O–H groups in total. The van der Waals surface area contributed by atoms with Crippen LogP contribution in [0.4, 0.5) is 0 Å². The summed E-state index contributed by atoms with van der Waals surface area (Å²) < 4.78 is 0. The molecule has 0 unspecified atom stereocenters. The molecule has 0 aromatic heterocycles. The Morgan fingerprint density at radius 1 is 0.722 bits per heavy atom. The monoisotopic (exact) mass is 254 g/mol. The topological polar surface area (TPSA) is 25.1 Å². The summed E-state index contributed by atoms with van der Waals surface area (Å²) in [6.45, 7) is 2.26. The van der Waals surface area contributed by atoms with Crippen LogP contribution in [0.3, 0.4) is 0 Å². The molecule has 0 radical (unpaired) electrons. The van der Waals surface area contributed by atoms with Crippen molar-refractivity contribution in [1.29, 1.82) is 0 Å². The highest BCUT2D eigenvalue weighted by atomic mass is 17.4. The van der Waals surface area contributed by atoms with Crippen LogP contribution in [0.2, 0.25) is 0 Å². The van der Waals surface area contributed by atoms with Gasteiger partial charge >= 0.3 is 0 Å². The average Bonchev–Trinajstić information content (AvgIpc) is 3.19. The lowest BCUT2D eigenvalue weighted by Crippen LogP contribution is -1.85. The Labute approximate surface area is 113 Å². The van der Waals surface area contributed by atoms with Crippen molar-refractivity contribution in [1.82, 2.24) is 0 Å². The molecule has 1 rings (SSSR count). The molecule has 0 aliphatic carbocycles. The third kappa shape index (κ3) is 10.8. The lowest BCUT2D eigenvalue weighted by Gasteiger charge is -1.98. The Morgan fingerprint density at radius 3 is 1.89 bits per heavy atom. The van der Waals surface area contributed by atoms with Crippen LogP contribution in [0.25, 0.3) is 0 Å². The lowest BCUT2D eigenvalue weighted by molar-refractivity contribution is 0.0850. The summed E-state index contributed by atoms with van der Waals surface area (Å²) in [7, 11) is 0. The number of allylic oxidation sites excluding steroid dienone is 2. The molecular weight excluding hydrogens is 224 g/mol. The van der Waals surface area contributed by atoms with Crippen molar-refractivity contribution < 1.29 is 9.78 Å². The molecule has 2 nitrogen and oxygen atoms in total. The summed E-state index contributed by atoms with van der Waals surface area (Å²) >= 11 is 0. The molecule has 0 aromatic carbocycles. The van der Waals surface area contributed by atoms with E-state index in [1.54, 1.807) is 0 Å². The van der Waals surface area contributed by atoms with Gasteiger partial charge in [0.2, 0.25) is 6.29 Å². The third-order valence-electron chi connectivity index (χ3n) is 3.43. The maximum Gasteiger partial charge on any atom is 0.224 e. The fourth-order valence-electron chi connectivity index (χ4n) is 2.16. The van der Waals surface area contributed by atoms with Crippen molar-refractivity contribution in [3.8, 4) is 0 Å². The van der Waals surface area contributed by atoms with E-state index >= 15 is 0 Å². The van der Waals surface area contributed by atoms with E-state index in [4.69, 9.17) is 9.78 Å². The first-order valence-corrected chi connectivity index (χ1v) is 7.90. The molecule has 1 heterocycles. The largest absolute Gasteiger partial charge is 0.224 e. The molecule has 18 heavy (non-hydrogen) atoms. The summed E-state index contributed by atoms with van der Waals surface area (Å²) in [6.07, 6.45) is 20.7. The van der Waals surface area contributed by atoms with Crippen LogP contribution >= 0.6 is 0 Å². The van der Waals surface area contributed by atoms with Crippen LogP contribution in [-0.2, 0) is 9.78 Å². The van der Waals surface area contributed by atoms with Gasteiger partial charge in [0, 0.05) is 6.42 Å². The molecule has 0 spiro atoms. The molecule has 1 fully saturated rings. The van der Waals surface area contributed by atoms with Crippen molar-refractivity contribution in [2.75, 3.05) is 0 Å². The Kier molecular flexibility index (Phi) is 10.2. The van der Waals surface area contributed by atoms with E-state index in [0.717, 1.165) is 6.42 Å². The number of hydrogen-bond acceptors (Lipinski definition) is 2. The van der Waals surface area contributed by atoms with E-state index in [2.05, 4.69) is 19.1 Å². The van der Waals surface area contributed by atoms with Gasteiger partial charge in [-0.25, -0.2) is 0 Å². The molecule has 0 atom stereocenters. The highest BCUT2D eigenvalue weighted by molar-refractivity contribution is 4.81. The first kappa shape index (κ1) is 15.7. The van der Waals surface area contributed by atoms with Gasteiger partial charge in [0.05, 0.1) is 0 Å². The minimum atomic E-state index is 0.139. The van der Waals surface area contributed by atoms with Crippen LogP contribution in [0, 0.1) is 0 Å². The average molecular weight is 254 g/mol. The smallest absolute Gasteiger partial charge is 0.199 e. The normalized spacial score (nSPS) is 15.6. The lowest BCUT2D eigenvalue weighted by atomic mass is 10.1. The molecule has 1 aliphatic rings. The van der Waals surface area contributed by atoms with Crippen LogP contribution in [0.15, 0.2) is 12.2 Å². The summed E-state index contributed by atoms with van der Waals surface area (Å²) in [5.41, 5.74) is 0. The molecule has 106 valence electrons. The molecule has 0 amide bonds. The first-order valence-electron chi connectivity index (χ1n) is 7.90. The quantitative estimate of drug-likeness (QED) is 0.187. The maximum atomic E-state index is 4.71. The van der Waals surface area contributed by atoms with Gasteiger partial charge in [-0.2, -0.15) is 9.78 Å². The van der Waals surface area contributed by atoms with Gasteiger partial charge in [-0.1, -0.05) is 57.6 Å². The van der Waals surface area contributed by atoms with Gasteiger partial charge in [-0.15, -0.1) is 0 Å². The Bertz CT molecular complexity index is 197. The summed E-state index contributed by atoms with van der Waals surface area (Å²) in [5, 5.41) is 0.